The topological polar surface area (TPSA) is 21.3 Å². The third-order valence-corrected chi connectivity index (χ3v) is 3.25. The summed E-state index contributed by atoms with van der Waals surface area (Å²) in [5, 5.41) is 3.53. The maximum Gasteiger partial charge on any atom is 0.119 e. The van der Waals surface area contributed by atoms with Crippen LogP contribution in [-0.2, 0) is 0 Å². The van der Waals surface area contributed by atoms with E-state index in [4.69, 9.17) is 4.74 Å². The van der Waals surface area contributed by atoms with Gasteiger partial charge in [-0.15, -0.1) is 0 Å². The quantitative estimate of drug-likeness (QED) is 0.783. The van der Waals surface area contributed by atoms with Gasteiger partial charge in [-0.1, -0.05) is 29.8 Å². The van der Waals surface area contributed by atoms with Gasteiger partial charge in [0.05, 0.1) is 6.61 Å². The first kappa shape index (κ1) is 14.5. The van der Waals surface area contributed by atoms with Crippen LogP contribution in [0.3, 0.4) is 0 Å². The van der Waals surface area contributed by atoms with Crippen LogP contribution in [0, 0.1) is 0 Å². The van der Waals surface area contributed by atoms with E-state index in [2.05, 4.69) is 35.1 Å². The monoisotopic (exact) mass is 299 g/mol. The van der Waals surface area contributed by atoms with Gasteiger partial charge in [-0.05, 0) is 50.1 Å². The summed E-state index contributed by atoms with van der Waals surface area (Å²) in [7, 11) is 0. The van der Waals surface area contributed by atoms with Crippen LogP contribution < -0.4 is 10.1 Å². The first-order valence-corrected chi connectivity index (χ1v) is 7.17. The zero-order valence-electron chi connectivity index (χ0n) is 10.7. The van der Waals surface area contributed by atoms with Gasteiger partial charge in [0.2, 0.25) is 0 Å². The van der Waals surface area contributed by atoms with Gasteiger partial charge in [0.15, 0.2) is 0 Å². The molecule has 96 valence electrons. The highest BCUT2D eigenvalue weighted by Gasteiger charge is 2.04. The molecule has 0 heterocycles. The number of benzene rings is 1. The minimum absolute atomic E-state index is 0.574. The number of rotatable bonds is 8. The molecule has 0 radical (unpaired) electrons. The predicted molar refractivity (Wildman–Crippen MR) is 76.6 cm³/mol. The lowest BCUT2D eigenvalue weighted by molar-refractivity contribution is 0.283. The van der Waals surface area contributed by atoms with Crippen molar-refractivity contribution in [2.24, 2.45) is 0 Å². The molecule has 1 aromatic rings. The van der Waals surface area contributed by atoms with Crippen LogP contribution in [0.1, 0.15) is 33.1 Å². The van der Waals surface area contributed by atoms with Gasteiger partial charge in [-0.2, -0.15) is 0 Å². The Morgan fingerprint density at radius 2 is 1.94 bits per heavy atom. The highest BCUT2D eigenvalue weighted by atomic mass is 79.9. The Morgan fingerprint density at radius 3 is 2.53 bits per heavy atom. The second-order valence-corrected chi connectivity index (χ2v) is 5.07. The normalized spacial score (nSPS) is 12.4. The first-order chi connectivity index (χ1) is 8.26. The minimum atomic E-state index is 0.574. The summed E-state index contributed by atoms with van der Waals surface area (Å²) in [4.78, 5) is 0. The zero-order valence-corrected chi connectivity index (χ0v) is 12.3. The summed E-state index contributed by atoms with van der Waals surface area (Å²) in [5.74, 6) is 0.943. The molecule has 3 heteroatoms. The van der Waals surface area contributed by atoms with Crippen molar-refractivity contribution < 1.29 is 4.74 Å². The van der Waals surface area contributed by atoms with Gasteiger partial charge in [-0.3, -0.25) is 0 Å². The van der Waals surface area contributed by atoms with Crippen LogP contribution in [0.2, 0.25) is 0 Å². The maximum absolute atomic E-state index is 5.71. The summed E-state index contributed by atoms with van der Waals surface area (Å²) >= 11 is 3.41. The van der Waals surface area contributed by atoms with Gasteiger partial charge in [0.1, 0.15) is 5.75 Å². The minimum Gasteiger partial charge on any atom is -0.494 e. The van der Waals surface area contributed by atoms with Crippen LogP contribution in [0.4, 0.5) is 0 Å². The van der Waals surface area contributed by atoms with Crippen molar-refractivity contribution in [3.05, 3.63) is 28.7 Å². The lowest BCUT2D eigenvalue weighted by Gasteiger charge is -2.16. The SMILES string of the molecule is CCCNC(CC)CCOc1ccc(Br)cc1. The number of ether oxygens (including phenoxy) is 1. The Labute approximate surface area is 113 Å². The smallest absolute Gasteiger partial charge is 0.119 e. The number of nitrogens with one attached hydrogen (secondary N) is 1. The highest BCUT2D eigenvalue weighted by Crippen LogP contribution is 2.16. The van der Waals surface area contributed by atoms with Crippen LogP contribution in [-0.4, -0.2) is 19.2 Å². The number of hydrogen-bond donors (Lipinski definition) is 1. The fourth-order valence-electron chi connectivity index (χ4n) is 1.65. The molecule has 0 aliphatic carbocycles. The second-order valence-electron chi connectivity index (χ2n) is 4.15. The molecule has 1 aromatic carbocycles. The summed E-state index contributed by atoms with van der Waals surface area (Å²) in [6.07, 6.45) is 3.40. The lowest BCUT2D eigenvalue weighted by atomic mass is 10.1. The summed E-state index contributed by atoms with van der Waals surface area (Å²) < 4.78 is 6.80. The molecule has 0 saturated heterocycles. The Kier molecular flexibility index (Phi) is 7.29. The molecule has 0 bridgehead atoms. The maximum atomic E-state index is 5.71. The first-order valence-electron chi connectivity index (χ1n) is 6.38. The van der Waals surface area contributed by atoms with Crippen molar-refractivity contribution in [3.63, 3.8) is 0 Å². The standard InChI is InChI=1S/C14H22BrNO/c1-3-10-16-13(4-2)9-11-17-14-7-5-12(15)6-8-14/h5-8,13,16H,3-4,9-11H2,1-2H3. The molecule has 0 fully saturated rings. The molecule has 0 aromatic heterocycles. The summed E-state index contributed by atoms with van der Waals surface area (Å²) in [5.41, 5.74) is 0. The third kappa shape index (κ3) is 6.08. The Bertz CT molecular complexity index is 300. The largest absolute Gasteiger partial charge is 0.494 e. The third-order valence-electron chi connectivity index (χ3n) is 2.72. The Hall–Kier alpha value is -0.540. The molecule has 2 nitrogen and oxygen atoms in total. The molecular weight excluding hydrogens is 278 g/mol. The Morgan fingerprint density at radius 1 is 1.24 bits per heavy atom. The van der Waals surface area contributed by atoms with Crippen molar-refractivity contribution in [1.29, 1.82) is 0 Å². The molecule has 1 rings (SSSR count). The van der Waals surface area contributed by atoms with Gasteiger partial charge in [0.25, 0.3) is 0 Å². The van der Waals surface area contributed by atoms with Crippen LogP contribution >= 0.6 is 15.9 Å². The fourth-order valence-corrected chi connectivity index (χ4v) is 1.91. The van der Waals surface area contributed by atoms with Crippen LogP contribution in [0.15, 0.2) is 28.7 Å². The average Bonchev–Trinajstić information content (AvgIpc) is 2.36. The molecule has 1 unspecified atom stereocenters. The van der Waals surface area contributed by atoms with Crippen LogP contribution in [0.25, 0.3) is 0 Å². The van der Waals surface area contributed by atoms with Crippen molar-refractivity contribution in [3.8, 4) is 5.75 Å². The fraction of sp³-hybridized carbons (Fsp3) is 0.571. The molecule has 1 N–H and O–H groups in total. The van der Waals surface area contributed by atoms with Crippen LogP contribution in [0.5, 0.6) is 5.75 Å². The van der Waals surface area contributed by atoms with E-state index in [0.717, 1.165) is 36.2 Å². The van der Waals surface area contributed by atoms with E-state index in [1.807, 2.05) is 24.3 Å². The van der Waals surface area contributed by atoms with E-state index in [1.165, 1.54) is 6.42 Å². The molecule has 0 saturated carbocycles. The summed E-state index contributed by atoms with van der Waals surface area (Å²) in [6, 6.07) is 8.56. The van der Waals surface area contributed by atoms with Crippen molar-refractivity contribution >= 4 is 15.9 Å². The molecule has 1 atom stereocenters. The van der Waals surface area contributed by atoms with E-state index in [1.54, 1.807) is 0 Å². The van der Waals surface area contributed by atoms with Gasteiger partial charge < -0.3 is 10.1 Å². The number of hydrogen-bond acceptors (Lipinski definition) is 2. The Balaban J connectivity index is 2.23. The van der Waals surface area contributed by atoms with E-state index in [-0.39, 0.29) is 0 Å². The van der Waals surface area contributed by atoms with Crippen molar-refractivity contribution in [2.45, 2.75) is 39.2 Å². The molecule has 0 aliphatic heterocycles. The molecule has 0 aliphatic rings. The van der Waals surface area contributed by atoms with E-state index < -0.39 is 0 Å². The molecule has 17 heavy (non-hydrogen) atoms. The van der Waals surface area contributed by atoms with Crippen molar-refractivity contribution in [2.75, 3.05) is 13.2 Å². The van der Waals surface area contributed by atoms with E-state index >= 15 is 0 Å². The average molecular weight is 300 g/mol. The predicted octanol–water partition coefficient (Wildman–Crippen LogP) is 4.00. The molecule has 0 spiro atoms. The second kappa shape index (κ2) is 8.54. The van der Waals surface area contributed by atoms with E-state index in [9.17, 15) is 0 Å². The van der Waals surface area contributed by atoms with Gasteiger partial charge in [-0.25, -0.2) is 0 Å². The molecular formula is C14H22BrNO. The zero-order chi connectivity index (χ0) is 12.5. The highest BCUT2D eigenvalue weighted by molar-refractivity contribution is 9.10. The van der Waals surface area contributed by atoms with Gasteiger partial charge >= 0.3 is 0 Å². The summed E-state index contributed by atoms with van der Waals surface area (Å²) in [6.45, 7) is 6.28. The molecule has 0 amide bonds. The number of halogens is 1. The van der Waals surface area contributed by atoms with Gasteiger partial charge in [0, 0.05) is 10.5 Å². The van der Waals surface area contributed by atoms with E-state index in [0.29, 0.717) is 6.04 Å². The lowest BCUT2D eigenvalue weighted by Crippen LogP contribution is -2.30. The van der Waals surface area contributed by atoms with Crippen molar-refractivity contribution in [1.82, 2.24) is 5.32 Å².